The molecule has 1 aromatic rings. The number of hydrogen-bond donors (Lipinski definition) is 1. The van der Waals surface area contributed by atoms with E-state index in [1.807, 2.05) is 24.3 Å². The van der Waals surface area contributed by atoms with Gasteiger partial charge in [0.05, 0.1) is 6.33 Å². The maximum atomic E-state index is 4.31. The number of rotatable bonds is 5. The van der Waals surface area contributed by atoms with Gasteiger partial charge in [-0.05, 0) is 30.9 Å². The van der Waals surface area contributed by atoms with Gasteiger partial charge in [0.25, 0.3) is 0 Å². The van der Waals surface area contributed by atoms with Crippen LogP contribution < -0.4 is 5.32 Å². The van der Waals surface area contributed by atoms with Crippen molar-refractivity contribution in [3.8, 4) is 0 Å². The lowest BCUT2D eigenvalue weighted by Crippen LogP contribution is -2.15. The highest BCUT2D eigenvalue weighted by Crippen LogP contribution is 2.22. The fourth-order valence-corrected chi connectivity index (χ4v) is 3.08. The summed E-state index contributed by atoms with van der Waals surface area (Å²) in [5.74, 6) is 2.61. The Labute approximate surface area is 102 Å². The van der Waals surface area contributed by atoms with Gasteiger partial charge in [-0.1, -0.05) is 6.92 Å². The fourth-order valence-electron chi connectivity index (χ4n) is 2.40. The number of thioether (sulfide) groups is 1. The number of nitrogens with zero attached hydrogens (tertiary/aromatic N) is 2. The third kappa shape index (κ3) is 2.80. The lowest BCUT2D eigenvalue weighted by atomic mass is 10.1. The summed E-state index contributed by atoms with van der Waals surface area (Å²) in [6.07, 6.45) is 7.46. The molecule has 1 N–H and O–H groups in total. The van der Waals surface area contributed by atoms with Crippen LogP contribution in [-0.4, -0.2) is 34.6 Å². The van der Waals surface area contributed by atoms with Crippen molar-refractivity contribution in [1.82, 2.24) is 14.9 Å². The Hall–Kier alpha value is -0.480. The van der Waals surface area contributed by atoms with Gasteiger partial charge in [0.1, 0.15) is 0 Å². The molecular weight excluding hydrogens is 218 g/mol. The second-order valence-corrected chi connectivity index (χ2v) is 5.63. The molecule has 0 amide bonds. The van der Waals surface area contributed by atoms with Crippen LogP contribution in [0.5, 0.6) is 0 Å². The van der Waals surface area contributed by atoms with Crippen molar-refractivity contribution >= 4 is 11.8 Å². The van der Waals surface area contributed by atoms with Crippen molar-refractivity contribution in [3.05, 3.63) is 18.2 Å². The Balaban J connectivity index is 2.00. The zero-order valence-electron chi connectivity index (χ0n) is 10.1. The Morgan fingerprint density at radius 1 is 1.69 bits per heavy atom. The summed E-state index contributed by atoms with van der Waals surface area (Å²) in [5.41, 5.74) is 1.41. The lowest BCUT2D eigenvalue weighted by Gasteiger charge is -2.16. The maximum absolute atomic E-state index is 4.31. The molecule has 16 heavy (non-hydrogen) atoms. The lowest BCUT2D eigenvalue weighted by molar-refractivity contribution is 0.504. The average molecular weight is 239 g/mol. The van der Waals surface area contributed by atoms with Gasteiger partial charge in [-0.2, -0.15) is 11.8 Å². The summed E-state index contributed by atoms with van der Waals surface area (Å²) in [6, 6.07) is 0. The monoisotopic (exact) mass is 239 g/mol. The molecule has 4 heteroatoms. The maximum Gasteiger partial charge on any atom is 0.0948 e. The topological polar surface area (TPSA) is 29.9 Å². The van der Waals surface area contributed by atoms with E-state index in [1.165, 1.54) is 17.9 Å². The molecule has 90 valence electrons. The quantitative estimate of drug-likeness (QED) is 0.852. The fraction of sp³-hybridized carbons (Fsp3) is 0.750. The zero-order valence-corrected chi connectivity index (χ0v) is 11.0. The summed E-state index contributed by atoms with van der Waals surface area (Å²) in [6.45, 7) is 5.68. The molecule has 1 aromatic heterocycles. The van der Waals surface area contributed by atoms with Gasteiger partial charge in [-0.15, -0.1) is 0 Å². The molecule has 2 heterocycles. The first-order chi connectivity index (χ1) is 7.81. The van der Waals surface area contributed by atoms with Crippen LogP contribution in [0.4, 0.5) is 0 Å². The summed E-state index contributed by atoms with van der Waals surface area (Å²) < 4.78 is 2.35. The van der Waals surface area contributed by atoms with Gasteiger partial charge < -0.3 is 9.88 Å². The van der Waals surface area contributed by atoms with Crippen LogP contribution in [0.15, 0.2) is 12.5 Å². The molecule has 0 saturated carbocycles. The minimum absolute atomic E-state index is 0.670. The van der Waals surface area contributed by atoms with Crippen LogP contribution in [0.2, 0.25) is 0 Å². The van der Waals surface area contributed by atoms with Gasteiger partial charge in [0.15, 0.2) is 0 Å². The van der Waals surface area contributed by atoms with Crippen molar-refractivity contribution in [2.24, 2.45) is 5.92 Å². The predicted molar refractivity (Wildman–Crippen MR) is 70.0 cm³/mol. The van der Waals surface area contributed by atoms with Crippen molar-refractivity contribution in [1.29, 1.82) is 0 Å². The van der Waals surface area contributed by atoms with Crippen LogP contribution in [0, 0.1) is 5.92 Å². The third-order valence-corrected chi connectivity index (χ3v) is 4.09. The van der Waals surface area contributed by atoms with E-state index >= 15 is 0 Å². The smallest absolute Gasteiger partial charge is 0.0948 e. The second kappa shape index (κ2) is 5.73. The van der Waals surface area contributed by atoms with E-state index in [-0.39, 0.29) is 0 Å². The van der Waals surface area contributed by atoms with Gasteiger partial charge >= 0.3 is 0 Å². The van der Waals surface area contributed by atoms with Gasteiger partial charge in [-0.3, -0.25) is 0 Å². The Bertz CT molecular complexity index is 318. The molecule has 1 aliphatic heterocycles. The largest absolute Gasteiger partial charge is 0.334 e. The molecule has 2 unspecified atom stereocenters. The predicted octanol–water partition coefficient (Wildman–Crippen LogP) is 1.96. The van der Waals surface area contributed by atoms with Crippen molar-refractivity contribution < 1.29 is 0 Å². The Morgan fingerprint density at radius 2 is 2.56 bits per heavy atom. The Morgan fingerprint density at radius 3 is 3.25 bits per heavy atom. The third-order valence-electron chi connectivity index (χ3n) is 3.18. The van der Waals surface area contributed by atoms with E-state index in [1.54, 1.807) is 0 Å². The molecule has 0 bridgehead atoms. The minimum atomic E-state index is 0.670. The molecule has 0 aliphatic carbocycles. The Kier molecular flexibility index (Phi) is 4.29. The summed E-state index contributed by atoms with van der Waals surface area (Å²) >= 11 is 1.92. The van der Waals surface area contributed by atoms with Gasteiger partial charge in [0, 0.05) is 30.9 Å². The molecule has 2 rings (SSSR count). The van der Waals surface area contributed by atoms with Crippen LogP contribution in [0.25, 0.3) is 0 Å². The summed E-state index contributed by atoms with van der Waals surface area (Å²) in [5, 5.41) is 3.42. The number of imidazole rings is 1. The summed E-state index contributed by atoms with van der Waals surface area (Å²) in [4.78, 5) is 4.31. The molecular formula is C12H21N3S. The number of nitrogens with one attached hydrogen (secondary N) is 1. The van der Waals surface area contributed by atoms with E-state index in [2.05, 4.69) is 28.0 Å². The van der Waals surface area contributed by atoms with Crippen LogP contribution in [0.1, 0.15) is 25.0 Å². The molecule has 3 nitrogen and oxygen atoms in total. The first-order valence-corrected chi connectivity index (χ1v) is 7.40. The van der Waals surface area contributed by atoms with E-state index in [4.69, 9.17) is 0 Å². The molecule has 0 radical (unpaired) electrons. The molecule has 0 aromatic carbocycles. The second-order valence-electron chi connectivity index (χ2n) is 4.72. The summed E-state index contributed by atoms with van der Waals surface area (Å²) in [7, 11) is 0. The van der Waals surface area contributed by atoms with E-state index in [0.717, 1.165) is 25.6 Å². The highest BCUT2D eigenvalue weighted by atomic mass is 32.2. The van der Waals surface area contributed by atoms with Gasteiger partial charge in [-0.25, -0.2) is 4.98 Å². The highest BCUT2D eigenvalue weighted by Gasteiger charge is 2.20. The molecule has 1 aliphatic rings. The first-order valence-electron chi connectivity index (χ1n) is 6.01. The average Bonchev–Trinajstić information content (AvgIpc) is 2.86. The number of hydrogen-bond acceptors (Lipinski definition) is 3. The van der Waals surface area contributed by atoms with Crippen LogP contribution in [-0.2, 0) is 6.54 Å². The van der Waals surface area contributed by atoms with Crippen LogP contribution >= 0.6 is 11.8 Å². The van der Waals surface area contributed by atoms with Gasteiger partial charge in [0.2, 0.25) is 0 Å². The standard InChI is InChI=1S/C12H21N3S/c1-10(8-16-2)7-15-9-14-6-12(15)11-3-4-13-5-11/h6,9-11,13H,3-5,7-8H2,1-2H3. The van der Waals surface area contributed by atoms with Crippen molar-refractivity contribution in [2.45, 2.75) is 25.8 Å². The van der Waals surface area contributed by atoms with E-state index < -0.39 is 0 Å². The number of aromatic nitrogens is 2. The zero-order chi connectivity index (χ0) is 11.4. The normalized spacial score (nSPS) is 22.5. The molecule has 1 saturated heterocycles. The first kappa shape index (κ1) is 12.0. The molecule has 1 fully saturated rings. The molecule has 0 spiro atoms. The molecule has 2 atom stereocenters. The van der Waals surface area contributed by atoms with Crippen LogP contribution in [0.3, 0.4) is 0 Å². The van der Waals surface area contributed by atoms with Crippen molar-refractivity contribution in [3.63, 3.8) is 0 Å². The van der Waals surface area contributed by atoms with Crippen molar-refractivity contribution in [2.75, 3.05) is 25.1 Å². The van der Waals surface area contributed by atoms with E-state index in [0.29, 0.717) is 5.92 Å². The SMILES string of the molecule is CSCC(C)Cn1cncc1C1CCNC1. The highest BCUT2D eigenvalue weighted by molar-refractivity contribution is 7.98. The van der Waals surface area contributed by atoms with E-state index in [9.17, 15) is 0 Å². The minimum Gasteiger partial charge on any atom is -0.334 e.